The Morgan fingerprint density at radius 3 is 2.57 bits per heavy atom. The molecule has 4 atom stereocenters. The predicted octanol–water partition coefficient (Wildman–Crippen LogP) is 1.07. The lowest BCUT2D eigenvalue weighted by molar-refractivity contribution is 0.169. The first-order valence-electron chi connectivity index (χ1n) is 5.75. The maximum Gasteiger partial charge on any atom is 0.0933 e. The molecular weight excluding hydrogens is 176 g/mol. The first kappa shape index (κ1) is 12.0. The third-order valence-electron chi connectivity index (χ3n) is 3.62. The fraction of sp³-hybridized carbons (Fsp3) is 1.00. The molecule has 0 aliphatic heterocycles. The highest BCUT2D eigenvalue weighted by Gasteiger charge is 2.27. The van der Waals surface area contributed by atoms with Crippen LogP contribution in [0, 0.1) is 11.8 Å². The highest BCUT2D eigenvalue weighted by atomic mass is 16.3. The van der Waals surface area contributed by atoms with Crippen molar-refractivity contribution in [3.05, 3.63) is 0 Å². The monoisotopic (exact) mass is 200 g/mol. The molecule has 14 heavy (non-hydrogen) atoms. The van der Waals surface area contributed by atoms with Crippen molar-refractivity contribution in [3.63, 3.8) is 0 Å². The van der Waals surface area contributed by atoms with Gasteiger partial charge in [-0.15, -0.1) is 0 Å². The van der Waals surface area contributed by atoms with Crippen molar-refractivity contribution in [2.75, 3.05) is 6.73 Å². The third-order valence-corrected chi connectivity index (χ3v) is 3.62. The third kappa shape index (κ3) is 3.23. The zero-order valence-electron chi connectivity index (χ0n) is 9.37. The van der Waals surface area contributed by atoms with E-state index in [0.29, 0.717) is 23.9 Å². The minimum Gasteiger partial charge on any atom is -0.381 e. The van der Waals surface area contributed by atoms with Gasteiger partial charge in [0.1, 0.15) is 0 Å². The molecule has 0 spiro atoms. The fourth-order valence-electron chi connectivity index (χ4n) is 2.51. The van der Waals surface area contributed by atoms with Crippen LogP contribution in [0.5, 0.6) is 0 Å². The second-order valence-corrected chi connectivity index (χ2v) is 4.70. The quantitative estimate of drug-likeness (QED) is 0.595. The molecule has 1 aliphatic rings. The molecular formula is C11H24N2O. The van der Waals surface area contributed by atoms with Crippen molar-refractivity contribution in [2.45, 2.75) is 51.6 Å². The summed E-state index contributed by atoms with van der Waals surface area (Å²) in [5, 5.41) is 11.9. The van der Waals surface area contributed by atoms with Crippen molar-refractivity contribution >= 4 is 0 Å². The van der Waals surface area contributed by atoms with Gasteiger partial charge in [-0.1, -0.05) is 6.42 Å². The maximum absolute atomic E-state index is 8.81. The Kier molecular flexibility index (Phi) is 4.85. The van der Waals surface area contributed by atoms with E-state index in [4.69, 9.17) is 10.8 Å². The van der Waals surface area contributed by atoms with Gasteiger partial charge >= 0.3 is 0 Å². The Labute approximate surface area is 87.1 Å². The van der Waals surface area contributed by atoms with E-state index in [2.05, 4.69) is 19.2 Å². The molecule has 1 fully saturated rings. The molecule has 0 radical (unpaired) electrons. The fourth-order valence-corrected chi connectivity index (χ4v) is 2.51. The number of nitrogens with two attached hydrogens (primary N) is 1. The molecule has 4 N–H and O–H groups in total. The van der Waals surface area contributed by atoms with Crippen molar-refractivity contribution in [1.29, 1.82) is 0 Å². The Bertz CT molecular complexity index is 161. The molecule has 84 valence electrons. The van der Waals surface area contributed by atoms with Gasteiger partial charge in [0.25, 0.3) is 0 Å². The highest BCUT2D eigenvalue weighted by molar-refractivity contribution is 4.82. The molecule has 0 aromatic carbocycles. The van der Waals surface area contributed by atoms with Gasteiger partial charge in [0.05, 0.1) is 6.73 Å². The zero-order valence-corrected chi connectivity index (χ0v) is 9.37. The number of nitrogens with one attached hydrogen (secondary N) is 1. The molecule has 3 heteroatoms. The maximum atomic E-state index is 8.81. The summed E-state index contributed by atoms with van der Waals surface area (Å²) < 4.78 is 0. The average molecular weight is 200 g/mol. The largest absolute Gasteiger partial charge is 0.381 e. The van der Waals surface area contributed by atoms with E-state index in [1.54, 1.807) is 0 Å². The molecule has 1 rings (SSSR count). The molecule has 0 heterocycles. The van der Waals surface area contributed by atoms with Crippen LogP contribution in [0.15, 0.2) is 0 Å². The molecule has 0 aromatic rings. The number of hydrogen-bond donors (Lipinski definition) is 3. The molecule has 3 nitrogen and oxygen atoms in total. The lowest BCUT2D eigenvalue weighted by Gasteiger charge is -2.34. The predicted molar refractivity (Wildman–Crippen MR) is 58.8 cm³/mol. The van der Waals surface area contributed by atoms with E-state index < -0.39 is 0 Å². The van der Waals surface area contributed by atoms with Crippen molar-refractivity contribution in [3.8, 4) is 0 Å². The van der Waals surface area contributed by atoms with E-state index in [9.17, 15) is 0 Å². The van der Waals surface area contributed by atoms with Gasteiger partial charge in [0.2, 0.25) is 0 Å². The molecule has 0 saturated heterocycles. The molecule has 1 saturated carbocycles. The first-order chi connectivity index (χ1) is 6.65. The van der Waals surface area contributed by atoms with Crippen LogP contribution in [0.25, 0.3) is 0 Å². The number of aliphatic hydroxyl groups is 1. The summed E-state index contributed by atoms with van der Waals surface area (Å²) in [6.07, 6.45) is 5.05. The van der Waals surface area contributed by atoms with Crippen LogP contribution in [0.3, 0.4) is 0 Å². The Hall–Kier alpha value is -0.120. The SMILES string of the molecule is CC(N)C1CCCC(C(C)NCO)C1. The summed E-state index contributed by atoms with van der Waals surface area (Å²) in [4.78, 5) is 0. The number of aliphatic hydroxyl groups excluding tert-OH is 1. The standard InChI is InChI=1S/C11H24N2O/c1-8(12)10-4-3-5-11(6-10)9(2)13-7-14/h8-11,13-14H,3-7,12H2,1-2H3. The summed E-state index contributed by atoms with van der Waals surface area (Å²) in [6.45, 7) is 4.35. The summed E-state index contributed by atoms with van der Waals surface area (Å²) >= 11 is 0. The Balaban J connectivity index is 2.39. The van der Waals surface area contributed by atoms with Crippen molar-refractivity contribution in [2.24, 2.45) is 17.6 Å². The first-order valence-corrected chi connectivity index (χ1v) is 5.75. The van der Waals surface area contributed by atoms with Crippen LogP contribution in [-0.4, -0.2) is 23.9 Å². The number of rotatable bonds is 4. The Morgan fingerprint density at radius 1 is 1.36 bits per heavy atom. The average Bonchev–Trinajstić information content (AvgIpc) is 2.18. The van der Waals surface area contributed by atoms with Crippen LogP contribution in [0.2, 0.25) is 0 Å². The zero-order chi connectivity index (χ0) is 10.6. The van der Waals surface area contributed by atoms with Gasteiger partial charge in [-0.25, -0.2) is 0 Å². The van der Waals surface area contributed by atoms with Crippen LogP contribution in [0.4, 0.5) is 0 Å². The van der Waals surface area contributed by atoms with E-state index in [-0.39, 0.29) is 6.73 Å². The summed E-state index contributed by atoms with van der Waals surface area (Å²) in [7, 11) is 0. The van der Waals surface area contributed by atoms with Gasteiger partial charge in [0, 0.05) is 12.1 Å². The minimum atomic E-state index is 0.0838. The highest BCUT2D eigenvalue weighted by Crippen LogP contribution is 2.32. The van der Waals surface area contributed by atoms with E-state index in [0.717, 1.165) is 0 Å². The minimum absolute atomic E-state index is 0.0838. The van der Waals surface area contributed by atoms with Gasteiger partial charge in [0.15, 0.2) is 0 Å². The smallest absolute Gasteiger partial charge is 0.0933 e. The molecule has 1 aliphatic carbocycles. The van der Waals surface area contributed by atoms with Gasteiger partial charge in [-0.2, -0.15) is 0 Å². The van der Waals surface area contributed by atoms with E-state index in [1.807, 2.05) is 0 Å². The molecule has 0 aromatic heterocycles. The molecule has 4 unspecified atom stereocenters. The summed E-state index contributed by atoms with van der Waals surface area (Å²) in [5.41, 5.74) is 5.93. The van der Waals surface area contributed by atoms with Crippen LogP contribution < -0.4 is 11.1 Å². The van der Waals surface area contributed by atoms with Gasteiger partial charge in [-0.3, -0.25) is 5.32 Å². The van der Waals surface area contributed by atoms with Crippen LogP contribution in [0.1, 0.15) is 39.5 Å². The number of hydrogen-bond acceptors (Lipinski definition) is 3. The van der Waals surface area contributed by atoms with Gasteiger partial charge < -0.3 is 10.8 Å². The summed E-state index contributed by atoms with van der Waals surface area (Å²) in [6, 6.07) is 0.737. The summed E-state index contributed by atoms with van der Waals surface area (Å²) in [5.74, 6) is 1.36. The second kappa shape index (κ2) is 5.69. The normalized spacial score (nSPS) is 32.6. The Morgan fingerprint density at radius 2 is 2.00 bits per heavy atom. The van der Waals surface area contributed by atoms with Crippen LogP contribution in [-0.2, 0) is 0 Å². The van der Waals surface area contributed by atoms with Crippen LogP contribution >= 0.6 is 0 Å². The topological polar surface area (TPSA) is 58.3 Å². The van der Waals surface area contributed by atoms with Crippen molar-refractivity contribution in [1.82, 2.24) is 5.32 Å². The van der Waals surface area contributed by atoms with E-state index >= 15 is 0 Å². The van der Waals surface area contributed by atoms with E-state index in [1.165, 1.54) is 25.7 Å². The molecule has 0 amide bonds. The van der Waals surface area contributed by atoms with Crippen molar-refractivity contribution < 1.29 is 5.11 Å². The second-order valence-electron chi connectivity index (χ2n) is 4.70. The van der Waals surface area contributed by atoms with Gasteiger partial charge in [-0.05, 0) is 44.9 Å². The lowest BCUT2D eigenvalue weighted by Crippen LogP contribution is -2.39. The lowest BCUT2D eigenvalue weighted by atomic mass is 9.76. The molecule has 0 bridgehead atoms.